The first-order chi connectivity index (χ1) is 8.67. The predicted octanol–water partition coefficient (Wildman–Crippen LogP) is 0.211. The Bertz CT molecular complexity index is 246. The van der Waals surface area contributed by atoms with Crippen molar-refractivity contribution in [2.75, 3.05) is 40.4 Å². The molecule has 2 N–H and O–H groups in total. The molecule has 1 saturated heterocycles. The van der Waals surface area contributed by atoms with Crippen molar-refractivity contribution in [3.63, 3.8) is 0 Å². The van der Waals surface area contributed by atoms with Crippen LogP contribution < -0.4 is 10.6 Å². The summed E-state index contributed by atoms with van der Waals surface area (Å²) in [7, 11) is 3.61. The van der Waals surface area contributed by atoms with Gasteiger partial charge in [-0.2, -0.15) is 0 Å². The molecule has 1 aliphatic rings. The Balaban J connectivity index is 2.36. The first kappa shape index (κ1) is 15.4. The molecule has 1 fully saturated rings. The number of nitrogens with zero attached hydrogens (tertiary/aromatic N) is 1. The molecule has 5 nitrogen and oxygen atoms in total. The maximum Gasteiger partial charge on any atom is 0.234 e. The molecule has 0 saturated carbocycles. The van der Waals surface area contributed by atoms with Crippen LogP contribution in [0.2, 0.25) is 0 Å². The number of rotatable bonds is 7. The molecule has 0 aliphatic carbocycles. The van der Waals surface area contributed by atoms with Gasteiger partial charge in [0, 0.05) is 25.7 Å². The normalized spacial score (nSPS) is 22.7. The van der Waals surface area contributed by atoms with E-state index >= 15 is 0 Å². The van der Waals surface area contributed by atoms with E-state index in [9.17, 15) is 4.79 Å². The first-order valence-corrected chi connectivity index (χ1v) is 6.84. The van der Waals surface area contributed by atoms with Gasteiger partial charge in [0.2, 0.25) is 5.91 Å². The molecule has 1 heterocycles. The zero-order chi connectivity index (χ0) is 13.4. The minimum Gasteiger partial charge on any atom is -0.383 e. The van der Waals surface area contributed by atoms with E-state index in [1.54, 1.807) is 7.11 Å². The van der Waals surface area contributed by atoms with Crippen molar-refractivity contribution < 1.29 is 9.53 Å². The van der Waals surface area contributed by atoms with Crippen molar-refractivity contribution >= 4 is 5.91 Å². The van der Waals surface area contributed by atoms with Crippen molar-refractivity contribution in [2.24, 2.45) is 0 Å². The van der Waals surface area contributed by atoms with E-state index in [0.717, 1.165) is 13.1 Å². The quantitative estimate of drug-likeness (QED) is 0.685. The third-order valence-electron chi connectivity index (χ3n) is 3.36. The molecule has 0 aromatic heterocycles. The Labute approximate surface area is 110 Å². The van der Waals surface area contributed by atoms with Crippen LogP contribution in [0.15, 0.2) is 0 Å². The molecule has 0 bridgehead atoms. The molecule has 1 aliphatic heterocycles. The van der Waals surface area contributed by atoms with Crippen LogP contribution in [0.25, 0.3) is 0 Å². The number of methoxy groups -OCH3 is 1. The summed E-state index contributed by atoms with van der Waals surface area (Å²) in [4.78, 5) is 14.2. The number of amides is 1. The zero-order valence-corrected chi connectivity index (χ0v) is 11.9. The van der Waals surface area contributed by atoms with Gasteiger partial charge in [-0.15, -0.1) is 0 Å². The molecular weight excluding hydrogens is 230 g/mol. The standard InChI is InChI=1S/C13H27N3O2/c1-11(10-18-3)15-13(17)9-16-7-5-4-6-12(16)8-14-2/h11-12,14H,4-10H2,1-3H3,(H,15,17). The highest BCUT2D eigenvalue weighted by molar-refractivity contribution is 5.78. The van der Waals surface area contributed by atoms with Crippen LogP contribution in [-0.4, -0.2) is 63.3 Å². The molecule has 106 valence electrons. The molecular formula is C13H27N3O2. The second-order valence-electron chi connectivity index (χ2n) is 5.10. The van der Waals surface area contributed by atoms with Crippen molar-refractivity contribution in [1.29, 1.82) is 0 Å². The predicted molar refractivity (Wildman–Crippen MR) is 72.6 cm³/mol. The summed E-state index contributed by atoms with van der Waals surface area (Å²) in [5, 5.41) is 6.17. The average molecular weight is 257 g/mol. The number of carbonyl (C=O) groups excluding carboxylic acids is 1. The summed E-state index contributed by atoms with van der Waals surface area (Å²) in [6, 6.07) is 0.572. The molecule has 1 rings (SSSR count). The van der Waals surface area contributed by atoms with E-state index in [4.69, 9.17) is 4.74 Å². The van der Waals surface area contributed by atoms with Crippen LogP contribution in [0.5, 0.6) is 0 Å². The summed E-state index contributed by atoms with van der Waals surface area (Å²) in [5.74, 6) is 0.0996. The SMILES string of the molecule is CNCC1CCCCN1CC(=O)NC(C)COC. The van der Waals surface area contributed by atoms with E-state index in [1.807, 2.05) is 14.0 Å². The van der Waals surface area contributed by atoms with E-state index < -0.39 is 0 Å². The maximum atomic E-state index is 11.9. The average Bonchev–Trinajstić information content (AvgIpc) is 2.32. The molecule has 0 aromatic carbocycles. The number of likely N-dealkylation sites (tertiary alicyclic amines) is 1. The van der Waals surface area contributed by atoms with Crippen LogP contribution in [0.3, 0.4) is 0 Å². The van der Waals surface area contributed by atoms with Gasteiger partial charge in [0.05, 0.1) is 13.2 Å². The highest BCUT2D eigenvalue weighted by atomic mass is 16.5. The summed E-state index contributed by atoms with van der Waals surface area (Å²) in [6.07, 6.45) is 3.65. The van der Waals surface area contributed by atoms with Crippen molar-refractivity contribution in [2.45, 2.75) is 38.3 Å². The van der Waals surface area contributed by atoms with Gasteiger partial charge in [-0.25, -0.2) is 0 Å². The molecule has 2 unspecified atom stereocenters. The monoisotopic (exact) mass is 257 g/mol. The fourth-order valence-corrected chi connectivity index (χ4v) is 2.53. The Kier molecular flexibility index (Phi) is 7.23. The Morgan fingerprint density at radius 2 is 2.28 bits per heavy atom. The highest BCUT2D eigenvalue weighted by Gasteiger charge is 2.23. The summed E-state index contributed by atoms with van der Waals surface area (Å²) >= 11 is 0. The Morgan fingerprint density at radius 1 is 1.50 bits per heavy atom. The Morgan fingerprint density at radius 3 is 2.94 bits per heavy atom. The number of likely N-dealkylation sites (N-methyl/N-ethyl adjacent to an activating group) is 1. The molecule has 18 heavy (non-hydrogen) atoms. The highest BCUT2D eigenvalue weighted by Crippen LogP contribution is 2.15. The second-order valence-corrected chi connectivity index (χ2v) is 5.10. The van der Waals surface area contributed by atoms with Gasteiger partial charge in [0.25, 0.3) is 0 Å². The summed E-state index contributed by atoms with van der Waals surface area (Å²) in [6.45, 7) is 5.01. The second kappa shape index (κ2) is 8.45. The topological polar surface area (TPSA) is 53.6 Å². The van der Waals surface area contributed by atoms with Gasteiger partial charge < -0.3 is 15.4 Å². The summed E-state index contributed by atoms with van der Waals surface area (Å²) in [5.41, 5.74) is 0. The maximum absolute atomic E-state index is 11.9. The fourth-order valence-electron chi connectivity index (χ4n) is 2.53. The van der Waals surface area contributed by atoms with Gasteiger partial charge in [-0.3, -0.25) is 9.69 Å². The molecule has 0 aromatic rings. The molecule has 0 spiro atoms. The third-order valence-corrected chi connectivity index (χ3v) is 3.36. The zero-order valence-electron chi connectivity index (χ0n) is 11.9. The minimum absolute atomic E-state index is 0.0787. The van der Waals surface area contributed by atoms with Crippen molar-refractivity contribution in [3.05, 3.63) is 0 Å². The van der Waals surface area contributed by atoms with E-state index in [0.29, 0.717) is 19.2 Å². The smallest absolute Gasteiger partial charge is 0.234 e. The summed E-state index contributed by atoms with van der Waals surface area (Å²) < 4.78 is 5.02. The van der Waals surface area contributed by atoms with Crippen LogP contribution in [-0.2, 0) is 9.53 Å². The van der Waals surface area contributed by atoms with Gasteiger partial charge in [0.1, 0.15) is 0 Å². The largest absolute Gasteiger partial charge is 0.383 e. The molecule has 2 atom stereocenters. The first-order valence-electron chi connectivity index (χ1n) is 6.84. The number of hydrogen-bond donors (Lipinski definition) is 2. The molecule has 0 radical (unpaired) electrons. The van der Waals surface area contributed by atoms with Gasteiger partial charge >= 0.3 is 0 Å². The number of ether oxygens (including phenoxy) is 1. The Hall–Kier alpha value is -0.650. The lowest BCUT2D eigenvalue weighted by Crippen LogP contribution is -2.50. The van der Waals surface area contributed by atoms with Crippen LogP contribution >= 0.6 is 0 Å². The van der Waals surface area contributed by atoms with Crippen molar-refractivity contribution in [1.82, 2.24) is 15.5 Å². The van der Waals surface area contributed by atoms with E-state index in [1.165, 1.54) is 19.3 Å². The minimum atomic E-state index is 0.0787. The third kappa shape index (κ3) is 5.33. The van der Waals surface area contributed by atoms with Crippen molar-refractivity contribution in [3.8, 4) is 0 Å². The number of carbonyl (C=O) groups is 1. The van der Waals surface area contributed by atoms with E-state index in [-0.39, 0.29) is 11.9 Å². The number of hydrogen-bond acceptors (Lipinski definition) is 4. The van der Waals surface area contributed by atoms with Crippen LogP contribution in [0, 0.1) is 0 Å². The lowest BCUT2D eigenvalue weighted by molar-refractivity contribution is -0.124. The van der Waals surface area contributed by atoms with Gasteiger partial charge in [-0.05, 0) is 33.4 Å². The van der Waals surface area contributed by atoms with E-state index in [2.05, 4.69) is 15.5 Å². The van der Waals surface area contributed by atoms with Gasteiger partial charge in [0.15, 0.2) is 0 Å². The van der Waals surface area contributed by atoms with Crippen LogP contribution in [0.1, 0.15) is 26.2 Å². The molecule has 5 heteroatoms. The number of nitrogens with one attached hydrogen (secondary N) is 2. The lowest BCUT2D eigenvalue weighted by atomic mass is 10.0. The van der Waals surface area contributed by atoms with Gasteiger partial charge in [-0.1, -0.05) is 6.42 Å². The van der Waals surface area contributed by atoms with Crippen LogP contribution in [0.4, 0.5) is 0 Å². The lowest BCUT2D eigenvalue weighted by Gasteiger charge is -2.35. The number of piperidine rings is 1. The molecule has 1 amide bonds. The fraction of sp³-hybridized carbons (Fsp3) is 0.923.